The Morgan fingerprint density at radius 2 is 1.14 bits per heavy atom. The summed E-state index contributed by atoms with van der Waals surface area (Å²) in [5.74, 6) is -4.94. The molecule has 0 bridgehead atoms. The van der Waals surface area contributed by atoms with Crippen molar-refractivity contribution in [1.29, 1.82) is 0 Å². The molecule has 0 aromatic carbocycles. The van der Waals surface area contributed by atoms with Gasteiger partial charge in [0.05, 0.1) is 6.10 Å². The van der Waals surface area contributed by atoms with Crippen molar-refractivity contribution in [3.8, 4) is 0 Å². The Morgan fingerprint density at radius 3 is 1.57 bits per heavy atom. The zero-order valence-corrected chi connectivity index (χ0v) is 20.1. The van der Waals surface area contributed by atoms with E-state index in [1.54, 1.807) is 0 Å². The lowest BCUT2D eigenvalue weighted by atomic mass is 10.0. The van der Waals surface area contributed by atoms with E-state index in [0.717, 1.165) is 0 Å². The third kappa shape index (κ3) is 13.6. The van der Waals surface area contributed by atoms with E-state index in [9.17, 15) is 34.2 Å². The minimum atomic E-state index is -1.37. The summed E-state index contributed by atoms with van der Waals surface area (Å²) in [7, 11) is 0. The van der Waals surface area contributed by atoms with E-state index in [-0.39, 0.29) is 19.3 Å². The van der Waals surface area contributed by atoms with Crippen LogP contribution in [0.15, 0.2) is 0 Å². The van der Waals surface area contributed by atoms with Crippen LogP contribution < -0.4 is 33.2 Å². The number of rotatable bonds is 19. The van der Waals surface area contributed by atoms with Gasteiger partial charge in [-0.15, -0.1) is 0 Å². The standard InChI is InChI=1S/C21H40N6O8/c1-12(28)17(24)20(33)26-13(6-2-4-10-22)18(31)25-14(8-9-16(29)30)19(32)27-15(21(34)35)7-3-5-11-23/h12-15,17,28H,2-11,22-24H2,1H3,(H,25,31)(H,26,33)(H,27,32)(H,29,30)(H,34,35). The molecule has 202 valence electrons. The number of hydrogen-bond donors (Lipinski definition) is 9. The summed E-state index contributed by atoms with van der Waals surface area (Å²) in [6.07, 6.45) is 0.290. The highest BCUT2D eigenvalue weighted by molar-refractivity contribution is 5.94. The molecule has 12 N–H and O–H groups in total. The first-order chi connectivity index (χ1) is 16.4. The maximum atomic E-state index is 12.9. The molecule has 0 aromatic heterocycles. The number of aliphatic hydroxyl groups is 1. The molecule has 0 radical (unpaired) electrons. The Morgan fingerprint density at radius 1 is 0.714 bits per heavy atom. The molecule has 0 heterocycles. The molecule has 0 saturated heterocycles. The van der Waals surface area contributed by atoms with Gasteiger partial charge in [0.2, 0.25) is 17.7 Å². The Bertz CT molecular complexity index is 705. The molecule has 0 saturated carbocycles. The van der Waals surface area contributed by atoms with Gasteiger partial charge in [0.25, 0.3) is 0 Å². The average Bonchev–Trinajstić information content (AvgIpc) is 2.79. The topological polar surface area (TPSA) is 260 Å². The Labute approximate surface area is 204 Å². The molecule has 0 fully saturated rings. The van der Waals surface area contributed by atoms with Gasteiger partial charge >= 0.3 is 11.9 Å². The van der Waals surface area contributed by atoms with Crippen LogP contribution in [0.5, 0.6) is 0 Å². The van der Waals surface area contributed by atoms with Crippen molar-refractivity contribution >= 4 is 29.7 Å². The molecule has 0 rings (SSSR count). The first-order valence-electron chi connectivity index (χ1n) is 11.6. The third-order valence-corrected chi connectivity index (χ3v) is 5.24. The summed E-state index contributed by atoms with van der Waals surface area (Å²) in [5, 5.41) is 35.1. The van der Waals surface area contributed by atoms with Crippen LogP contribution in [-0.2, 0) is 24.0 Å². The highest BCUT2D eigenvalue weighted by atomic mass is 16.4. The number of amides is 3. The number of aliphatic hydroxyl groups excluding tert-OH is 1. The van der Waals surface area contributed by atoms with Gasteiger partial charge in [0.15, 0.2) is 0 Å². The van der Waals surface area contributed by atoms with E-state index >= 15 is 0 Å². The molecule has 14 heteroatoms. The van der Waals surface area contributed by atoms with Crippen molar-refractivity contribution in [1.82, 2.24) is 16.0 Å². The summed E-state index contributed by atoms with van der Waals surface area (Å²) in [5.41, 5.74) is 16.5. The van der Waals surface area contributed by atoms with Crippen LogP contribution in [0.3, 0.4) is 0 Å². The summed E-state index contributed by atoms with van der Waals surface area (Å²) in [4.78, 5) is 60.6. The van der Waals surface area contributed by atoms with Gasteiger partial charge in [0, 0.05) is 6.42 Å². The smallest absolute Gasteiger partial charge is 0.326 e. The number of unbranched alkanes of at least 4 members (excludes halogenated alkanes) is 2. The fourth-order valence-corrected chi connectivity index (χ4v) is 3.08. The fourth-order valence-electron chi connectivity index (χ4n) is 3.08. The van der Waals surface area contributed by atoms with E-state index in [0.29, 0.717) is 38.8 Å². The van der Waals surface area contributed by atoms with Gasteiger partial charge in [-0.3, -0.25) is 19.2 Å². The highest BCUT2D eigenvalue weighted by Crippen LogP contribution is 2.07. The quantitative estimate of drug-likeness (QED) is 0.0820. The SMILES string of the molecule is CC(O)C(N)C(=O)NC(CCCCN)C(=O)NC(CCC(=O)O)C(=O)NC(CCCCN)C(=O)O. The molecule has 5 unspecified atom stereocenters. The number of nitrogens with one attached hydrogen (secondary N) is 3. The second-order valence-electron chi connectivity index (χ2n) is 8.29. The first kappa shape index (κ1) is 32.2. The Kier molecular flexibility index (Phi) is 16.2. The second-order valence-corrected chi connectivity index (χ2v) is 8.29. The minimum Gasteiger partial charge on any atom is -0.481 e. The molecule has 0 aliphatic rings. The third-order valence-electron chi connectivity index (χ3n) is 5.24. The number of carbonyl (C=O) groups is 5. The number of carboxylic acid groups (broad SMARTS) is 2. The van der Waals surface area contributed by atoms with Crippen LogP contribution in [0.25, 0.3) is 0 Å². The lowest BCUT2D eigenvalue weighted by molar-refractivity contribution is -0.143. The molecule has 5 atom stereocenters. The van der Waals surface area contributed by atoms with E-state index in [4.69, 9.17) is 22.3 Å². The molecule has 14 nitrogen and oxygen atoms in total. The van der Waals surface area contributed by atoms with Gasteiger partial charge in [-0.1, -0.05) is 0 Å². The summed E-state index contributed by atoms with van der Waals surface area (Å²) >= 11 is 0. The number of carboxylic acids is 2. The predicted octanol–water partition coefficient (Wildman–Crippen LogP) is -2.64. The predicted molar refractivity (Wildman–Crippen MR) is 126 cm³/mol. The number of carbonyl (C=O) groups excluding carboxylic acids is 3. The van der Waals surface area contributed by atoms with Crippen molar-refractivity contribution in [2.24, 2.45) is 17.2 Å². The Hall–Kier alpha value is -2.81. The monoisotopic (exact) mass is 504 g/mol. The van der Waals surface area contributed by atoms with Gasteiger partial charge in [-0.05, 0) is 65.0 Å². The lowest BCUT2D eigenvalue weighted by Gasteiger charge is -2.25. The van der Waals surface area contributed by atoms with E-state index in [1.165, 1.54) is 6.92 Å². The molecular formula is C21H40N6O8. The van der Waals surface area contributed by atoms with Crippen LogP contribution in [0.4, 0.5) is 0 Å². The van der Waals surface area contributed by atoms with E-state index in [1.807, 2.05) is 0 Å². The van der Waals surface area contributed by atoms with Gasteiger partial charge in [-0.2, -0.15) is 0 Å². The molecule has 0 spiro atoms. The maximum absolute atomic E-state index is 12.9. The van der Waals surface area contributed by atoms with Crippen LogP contribution in [0, 0.1) is 0 Å². The summed E-state index contributed by atoms with van der Waals surface area (Å²) in [6, 6.07) is -5.05. The summed E-state index contributed by atoms with van der Waals surface area (Å²) < 4.78 is 0. The highest BCUT2D eigenvalue weighted by Gasteiger charge is 2.31. The Balaban J connectivity index is 5.53. The lowest BCUT2D eigenvalue weighted by Crippen LogP contribution is -2.58. The zero-order valence-electron chi connectivity index (χ0n) is 20.1. The molecule has 0 aliphatic heterocycles. The van der Waals surface area contributed by atoms with Gasteiger partial charge < -0.3 is 48.5 Å². The van der Waals surface area contributed by atoms with Crippen molar-refractivity contribution in [2.45, 2.75) is 88.6 Å². The van der Waals surface area contributed by atoms with Gasteiger partial charge in [-0.25, -0.2) is 4.79 Å². The van der Waals surface area contributed by atoms with Crippen molar-refractivity contribution in [2.75, 3.05) is 13.1 Å². The van der Waals surface area contributed by atoms with Crippen LogP contribution in [-0.4, -0.2) is 88.3 Å². The van der Waals surface area contributed by atoms with Crippen LogP contribution >= 0.6 is 0 Å². The number of hydrogen-bond acceptors (Lipinski definition) is 9. The van der Waals surface area contributed by atoms with Crippen molar-refractivity contribution < 1.29 is 39.3 Å². The largest absolute Gasteiger partial charge is 0.481 e. The molecule has 35 heavy (non-hydrogen) atoms. The molecule has 3 amide bonds. The van der Waals surface area contributed by atoms with Crippen LogP contribution in [0.1, 0.15) is 58.3 Å². The minimum absolute atomic E-state index is 0.104. The van der Waals surface area contributed by atoms with E-state index < -0.39 is 66.4 Å². The first-order valence-corrected chi connectivity index (χ1v) is 11.6. The normalized spacial score (nSPS) is 15.2. The average molecular weight is 505 g/mol. The number of nitrogens with two attached hydrogens (primary N) is 3. The molecular weight excluding hydrogens is 464 g/mol. The molecule has 0 aromatic rings. The van der Waals surface area contributed by atoms with Crippen molar-refractivity contribution in [3.05, 3.63) is 0 Å². The molecule has 0 aliphatic carbocycles. The van der Waals surface area contributed by atoms with Gasteiger partial charge in [0.1, 0.15) is 24.2 Å². The number of aliphatic carboxylic acids is 2. The summed E-state index contributed by atoms with van der Waals surface area (Å²) in [6.45, 7) is 2.01. The second kappa shape index (κ2) is 17.6. The van der Waals surface area contributed by atoms with Crippen molar-refractivity contribution in [3.63, 3.8) is 0 Å². The van der Waals surface area contributed by atoms with E-state index in [2.05, 4.69) is 16.0 Å². The fraction of sp³-hybridized carbons (Fsp3) is 0.762. The zero-order chi connectivity index (χ0) is 27.0. The van der Waals surface area contributed by atoms with Crippen LogP contribution in [0.2, 0.25) is 0 Å². The maximum Gasteiger partial charge on any atom is 0.326 e.